The lowest BCUT2D eigenvalue weighted by atomic mass is 9.68. The molecule has 2 aliphatic rings. The van der Waals surface area contributed by atoms with Gasteiger partial charge in [0.1, 0.15) is 0 Å². The summed E-state index contributed by atoms with van der Waals surface area (Å²) in [6, 6.07) is 69.4. The van der Waals surface area contributed by atoms with Crippen molar-refractivity contribution in [3.05, 3.63) is 257 Å². The van der Waals surface area contributed by atoms with Crippen LogP contribution >= 0.6 is 0 Å². The third-order valence-electron chi connectivity index (χ3n) is 12.5. The normalized spacial score (nSPS) is 12.5. The number of hydrogen-bond donors (Lipinski definition) is 2. The number of fused-ring (bicyclic) bond motifs is 5. The number of aryl methyl sites for hydroxylation is 1. The molecule has 0 atom stereocenters. The van der Waals surface area contributed by atoms with E-state index in [9.17, 15) is 0 Å². The molecule has 0 saturated heterocycles. The van der Waals surface area contributed by atoms with Gasteiger partial charge in [0.15, 0.2) is 23.0 Å². The van der Waals surface area contributed by atoms with Crippen molar-refractivity contribution in [2.75, 3.05) is 0 Å². The first-order chi connectivity index (χ1) is 31.9. The van der Waals surface area contributed by atoms with Crippen LogP contribution in [0.25, 0.3) is 38.2 Å². The number of benzene rings is 9. The van der Waals surface area contributed by atoms with Crippen LogP contribution in [0.4, 0.5) is 0 Å². The van der Waals surface area contributed by atoms with E-state index in [1.807, 2.05) is 42.5 Å². The van der Waals surface area contributed by atoms with Crippen molar-refractivity contribution in [3.8, 4) is 34.1 Å². The molecular formula is C61H52N2O2. The Balaban J connectivity index is 0.000000187. The number of nitrogens with two attached hydrogens (primary N) is 1. The highest BCUT2D eigenvalue weighted by Crippen LogP contribution is 2.56. The van der Waals surface area contributed by atoms with E-state index in [0.717, 1.165) is 57.9 Å². The molecule has 3 N–H and O–H groups in total. The minimum Gasteiger partial charge on any atom is -0.449 e. The van der Waals surface area contributed by atoms with Crippen LogP contribution in [-0.2, 0) is 12.0 Å². The molecule has 65 heavy (non-hydrogen) atoms. The van der Waals surface area contributed by atoms with Gasteiger partial charge in [0.05, 0.1) is 0 Å². The van der Waals surface area contributed by atoms with Gasteiger partial charge < -0.3 is 20.6 Å². The molecular weight excluding hydrogens is 793 g/mol. The molecule has 0 unspecified atom stereocenters. The summed E-state index contributed by atoms with van der Waals surface area (Å²) in [7, 11) is 0. The zero-order valence-corrected chi connectivity index (χ0v) is 36.9. The van der Waals surface area contributed by atoms with E-state index in [1.165, 1.54) is 55.6 Å². The van der Waals surface area contributed by atoms with Crippen molar-refractivity contribution in [2.24, 2.45) is 5.73 Å². The van der Waals surface area contributed by atoms with Crippen molar-refractivity contribution in [1.29, 1.82) is 5.41 Å². The topological polar surface area (TPSA) is 68.3 Å². The highest BCUT2D eigenvalue weighted by molar-refractivity contribution is 6.07. The standard InChI is InChI=1S/C39H33NO2.C15H12.C7H7N/c1-39(30-14-7-3-8-15-30,31-16-9-4-10-17-31)33-24-25-35-38(36(33)29-12-5-2-6-13-29)42-37-32(18-11-19-34(37)41-35)28-22-20-27(26-40)21-23-28;1-11-6-9-15-13(10-11)8-7-12-4-2-3-5-14(12)15;8-6-7-4-2-1-3-5-7/h2-5,7-12,14-25H,6,13,26,40H2,1H3;2-10H,1H3;1-6,8H. The largest absolute Gasteiger partial charge is 0.449 e. The molecule has 0 amide bonds. The van der Waals surface area contributed by atoms with E-state index in [4.69, 9.17) is 20.6 Å². The zero-order chi connectivity index (χ0) is 44.6. The van der Waals surface area contributed by atoms with Gasteiger partial charge in [-0.25, -0.2) is 0 Å². The molecule has 11 rings (SSSR count). The number of ether oxygens (including phenoxy) is 2. The summed E-state index contributed by atoms with van der Waals surface area (Å²) in [5, 5.41) is 12.1. The monoisotopic (exact) mass is 844 g/mol. The number of rotatable bonds is 7. The van der Waals surface area contributed by atoms with E-state index < -0.39 is 5.41 Å². The first-order valence-electron chi connectivity index (χ1n) is 22.3. The Kier molecular flexibility index (Phi) is 12.6. The minimum absolute atomic E-state index is 0.434. The van der Waals surface area contributed by atoms with Crippen LogP contribution < -0.4 is 15.2 Å². The van der Waals surface area contributed by atoms with Crippen LogP contribution in [0, 0.1) is 12.3 Å². The molecule has 0 spiro atoms. The number of hydrogen-bond acceptors (Lipinski definition) is 4. The molecule has 0 radical (unpaired) electrons. The van der Waals surface area contributed by atoms with Crippen molar-refractivity contribution >= 4 is 33.3 Å². The van der Waals surface area contributed by atoms with Gasteiger partial charge in [-0.2, -0.15) is 0 Å². The molecule has 318 valence electrons. The average molecular weight is 845 g/mol. The molecule has 0 saturated carbocycles. The lowest BCUT2D eigenvalue weighted by molar-refractivity contribution is 0.358. The van der Waals surface area contributed by atoms with Gasteiger partial charge >= 0.3 is 0 Å². The molecule has 9 aromatic carbocycles. The van der Waals surface area contributed by atoms with Gasteiger partial charge in [-0.05, 0) is 99.3 Å². The molecule has 4 heteroatoms. The van der Waals surface area contributed by atoms with Gasteiger partial charge in [-0.1, -0.05) is 212 Å². The number of allylic oxidation sites excluding steroid dienone is 4. The van der Waals surface area contributed by atoms with Gasteiger partial charge in [0.2, 0.25) is 0 Å². The van der Waals surface area contributed by atoms with E-state index in [-0.39, 0.29) is 0 Å². The fourth-order valence-electron chi connectivity index (χ4n) is 8.96. The first-order valence-corrected chi connectivity index (χ1v) is 22.3. The second kappa shape index (κ2) is 19.3. The smallest absolute Gasteiger partial charge is 0.177 e. The summed E-state index contributed by atoms with van der Waals surface area (Å²) in [6.07, 6.45) is 9.86. The molecule has 1 aliphatic carbocycles. The molecule has 0 fully saturated rings. The third-order valence-corrected chi connectivity index (χ3v) is 12.5. The maximum atomic E-state index is 7.00. The minimum atomic E-state index is -0.434. The Morgan fingerprint density at radius 1 is 0.600 bits per heavy atom. The van der Waals surface area contributed by atoms with E-state index >= 15 is 0 Å². The molecule has 1 aliphatic heterocycles. The van der Waals surface area contributed by atoms with Gasteiger partial charge in [0.25, 0.3) is 0 Å². The fourth-order valence-corrected chi connectivity index (χ4v) is 8.96. The van der Waals surface area contributed by atoms with Crippen molar-refractivity contribution in [3.63, 3.8) is 0 Å². The van der Waals surface area contributed by atoms with Crippen molar-refractivity contribution in [2.45, 2.75) is 38.6 Å². The fraction of sp³-hybridized carbons (Fsp3) is 0.0984. The summed E-state index contributed by atoms with van der Waals surface area (Å²) in [5.74, 6) is 2.95. The van der Waals surface area contributed by atoms with Gasteiger partial charge in [-0.15, -0.1) is 0 Å². The zero-order valence-electron chi connectivity index (χ0n) is 36.9. The van der Waals surface area contributed by atoms with Crippen molar-refractivity contribution < 1.29 is 9.47 Å². The summed E-state index contributed by atoms with van der Waals surface area (Å²) in [6.45, 7) is 4.97. The summed E-state index contributed by atoms with van der Waals surface area (Å²) < 4.78 is 13.6. The predicted molar refractivity (Wildman–Crippen MR) is 272 cm³/mol. The molecule has 9 aromatic rings. The summed E-state index contributed by atoms with van der Waals surface area (Å²) in [4.78, 5) is 0. The molecule has 0 aromatic heterocycles. The highest BCUT2D eigenvalue weighted by Gasteiger charge is 2.37. The maximum Gasteiger partial charge on any atom is 0.177 e. The number of nitrogens with one attached hydrogen (secondary N) is 1. The maximum absolute atomic E-state index is 7.00. The quantitative estimate of drug-likeness (QED) is 0.0954. The first kappa shape index (κ1) is 42.5. The Labute approximate surface area is 382 Å². The molecule has 0 bridgehead atoms. The summed E-state index contributed by atoms with van der Waals surface area (Å²) in [5.41, 5.74) is 16.8. The predicted octanol–water partition coefficient (Wildman–Crippen LogP) is 15.8. The molecule has 1 heterocycles. The highest BCUT2D eigenvalue weighted by atomic mass is 16.6. The molecule has 4 nitrogen and oxygen atoms in total. The van der Waals surface area contributed by atoms with E-state index in [0.29, 0.717) is 12.3 Å². The summed E-state index contributed by atoms with van der Waals surface area (Å²) >= 11 is 0. The van der Waals surface area contributed by atoms with Gasteiger partial charge in [-0.3, -0.25) is 0 Å². The van der Waals surface area contributed by atoms with Crippen LogP contribution in [-0.4, -0.2) is 6.21 Å². The Bertz CT molecular complexity index is 3110. The SMILES string of the molecule is CC(c1ccccc1)(c1ccccc1)c1ccc2c(c1C1=CC=CCC1)Oc1c(cccc1-c1ccc(CN)cc1)O2.Cc1ccc2c(ccc3ccccc32)c1.N=Cc1ccccc1. The van der Waals surface area contributed by atoms with Crippen LogP contribution in [0.5, 0.6) is 23.0 Å². The average Bonchev–Trinajstić information content (AvgIpc) is 3.38. The van der Waals surface area contributed by atoms with Crippen LogP contribution in [0.3, 0.4) is 0 Å². The number of para-hydroxylation sites is 1. The Hall–Kier alpha value is -7.79. The Morgan fingerprint density at radius 2 is 1.25 bits per heavy atom. The van der Waals surface area contributed by atoms with Gasteiger partial charge in [0, 0.05) is 29.3 Å². The van der Waals surface area contributed by atoms with Crippen LogP contribution in [0.2, 0.25) is 0 Å². The lowest BCUT2D eigenvalue weighted by Crippen LogP contribution is -2.27. The Morgan fingerprint density at radius 3 is 1.91 bits per heavy atom. The van der Waals surface area contributed by atoms with E-state index in [1.54, 1.807) is 0 Å². The van der Waals surface area contributed by atoms with Crippen molar-refractivity contribution in [1.82, 2.24) is 0 Å². The lowest BCUT2D eigenvalue weighted by Gasteiger charge is -2.36. The van der Waals surface area contributed by atoms with Crippen LogP contribution in [0.1, 0.15) is 58.7 Å². The third kappa shape index (κ3) is 8.90. The second-order valence-corrected chi connectivity index (χ2v) is 16.6. The van der Waals surface area contributed by atoms with Crippen LogP contribution in [0.15, 0.2) is 218 Å². The second-order valence-electron chi connectivity index (χ2n) is 16.6. The van der Waals surface area contributed by atoms with E-state index in [2.05, 4.69) is 190 Å².